The van der Waals surface area contributed by atoms with E-state index in [-0.39, 0.29) is 74.6 Å². The molecule has 0 unspecified atom stereocenters. The van der Waals surface area contributed by atoms with Crippen LogP contribution in [0.2, 0.25) is 0 Å². The van der Waals surface area contributed by atoms with Crippen LogP contribution in [0.1, 0.15) is 20.7 Å². The van der Waals surface area contributed by atoms with Gasteiger partial charge in [0.25, 0.3) is 46.4 Å². The largest absolute Gasteiger partial charge is 0.505 e. The highest BCUT2D eigenvalue weighted by Gasteiger charge is 2.26. The van der Waals surface area contributed by atoms with Crippen molar-refractivity contribution in [3.8, 4) is 5.75 Å². The van der Waals surface area contributed by atoms with Crippen molar-refractivity contribution in [3.63, 3.8) is 0 Å². The maximum absolute atomic E-state index is 14.1. The van der Waals surface area contributed by atoms with Crippen LogP contribution in [0.15, 0.2) is 127 Å². The first kappa shape index (κ1) is 53.3. The lowest BCUT2D eigenvalue weighted by molar-refractivity contribution is -0.432. The van der Waals surface area contributed by atoms with Gasteiger partial charge < -0.3 is 31.1 Å². The van der Waals surface area contributed by atoms with Gasteiger partial charge in [-0.2, -0.15) is 48.6 Å². The maximum atomic E-state index is 14.1. The molecule has 1 aromatic heterocycles. The van der Waals surface area contributed by atoms with Gasteiger partial charge in [-0.05, 0) is 66.0 Å². The number of amides is 1. The number of phenols is 1. The number of azo groups is 1. The Morgan fingerprint density at radius 2 is 1.44 bits per heavy atom. The van der Waals surface area contributed by atoms with E-state index in [0.29, 0.717) is 0 Å². The highest BCUT2D eigenvalue weighted by Crippen LogP contribution is 2.48. The number of rotatable bonds is 19. The summed E-state index contributed by atoms with van der Waals surface area (Å²) >= 11 is 0.136. The number of anilines is 6. The molecular formula is C40H33N9O19S5. The molecule has 382 valence electrons. The molecule has 1 amide bonds. The van der Waals surface area contributed by atoms with E-state index < -0.39 is 106 Å². The molecule has 7 rings (SSSR count). The summed E-state index contributed by atoms with van der Waals surface area (Å²) in [5.41, 5.74) is -1.99. The number of nitrogens with one attached hydrogen (secondary N) is 3. The second-order valence-electron chi connectivity index (χ2n) is 14.9. The summed E-state index contributed by atoms with van der Waals surface area (Å²) in [5, 5.41) is 48.6. The number of hydrogen-bond acceptors (Lipinski definition) is 23. The zero-order valence-corrected chi connectivity index (χ0v) is 40.5. The average molecular weight is 1100 g/mol. The minimum atomic E-state index is -5.28. The molecule has 28 nitrogen and oxygen atoms in total. The molecule has 0 radical (unpaired) electrons. The van der Waals surface area contributed by atoms with Crippen molar-refractivity contribution in [3.05, 3.63) is 108 Å². The van der Waals surface area contributed by atoms with E-state index in [0.717, 1.165) is 48.5 Å². The first-order valence-electron chi connectivity index (χ1n) is 19.8. The molecule has 0 aliphatic heterocycles. The third-order valence-electron chi connectivity index (χ3n) is 10.0. The number of para-hydroxylation sites is 1. The van der Waals surface area contributed by atoms with E-state index >= 15 is 0 Å². The number of benzene rings is 6. The number of aromatic carboxylic acids is 1. The second kappa shape index (κ2) is 20.9. The smallest absolute Gasteiger partial charge is 0.337 e. The Morgan fingerprint density at radius 3 is 2.10 bits per heavy atom. The molecule has 0 aliphatic carbocycles. The van der Waals surface area contributed by atoms with Crippen molar-refractivity contribution in [2.24, 2.45) is 10.2 Å². The summed E-state index contributed by atoms with van der Waals surface area (Å²) in [7, 11) is -18.3. The van der Waals surface area contributed by atoms with Gasteiger partial charge in [-0.3, -0.25) is 23.0 Å². The van der Waals surface area contributed by atoms with Crippen LogP contribution in [0.5, 0.6) is 5.75 Å². The van der Waals surface area contributed by atoms with Crippen molar-refractivity contribution in [1.82, 2.24) is 15.0 Å². The number of phenolic OH excluding ortho intramolecular Hbond substituents is 1. The summed E-state index contributed by atoms with van der Waals surface area (Å²) in [6.07, 6.45) is 0. The quantitative estimate of drug-likeness (QED) is 0.0141. The van der Waals surface area contributed by atoms with Crippen LogP contribution in [0.25, 0.3) is 21.5 Å². The molecule has 0 saturated carbocycles. The van der Waals surface area contributed by atoms with E-state index in [4.69, 9.17) is 5.26 Å². The molecule has 0 fully saturated rings. The van der Waals surface area contributed by atoms with Gasteiger partial charge in [0.15, 0.2) is 5.75 Å². The fraction of sp³-hybridized carbons (Fsp3) is 0.0750. The van der Waals surface area contributed by atoms with Gasteiger partial charge >= 0.3 is 5.97 Å². The first-order valence-corrected chi connectivity index (χ1v) is 26.5. The Bertz CT molecular complexity index is 3890. The minimum Gasteiger partial charge on any atom is -0.505 e. The molecule has 7 aromatic rings. The Kier molecular flexibility index (Phi) is 15.2. The summed E-state index contributed by atoms with van der Waals surface area (Å²) in [6.45, 7) is -0.316. The standard InChI is InChI=1S/C40H33N9O19S5/c1-49(14-15-70(55,56)57)40-45-38(44-39(46-40)43-27-10-3-2-8-26(27)37(52)53)41-22-7-4-6-20(16-22)36(51)42-29-19-23(71(58,59)60)17-21-18-30(69-68-67-54)33(34(50)32(21)29)48-47-28-13-12-24-25(35(28)73(64,65)66)9-5-11-31(24)72(61,62)63/h2-13,16-19,50,54H,14-15H2,1H3,(H,42,51)(H,52,53)(H,55,56,57)(H,58,59,60)(H,61,62,63)(H,64,65,66)(H2,41,43,44,45,46). The van der Waals surface area contributed by atoms with Crippen LogP contribution < -0.4 is 20.9 Å². The lowest BCUT2D eigenvalue weighted by atomic mass is 10.1. The van der Waals surface area contributed by atoms with Gasteiger partial charge in [0.05, 0.1) is 44.5 Å². The number of hydrogen-bond donors (Lipinski definition) is 10. The third-order valence-corrected chi connectivity index (χ3v) is 14.0. The topological polar surface area (TPSA) is 433 Å². The number of carboxylic acid groups (broad SMARTS) is 1. The summed E-state index contributed by atoms with van der Waals surface area (Å²) in [6, 6.07) is 18.8. The van der Waals surface area contributed by atoms with Crippen LogP contribution >= 0.6 is 12.0 Å². The summed E-state index contributed by atoms with van der Waals surface area (Å²) in [5.74, 6) is -4.61. The summed E-state index contributed by atoms with van der Waals surface area (Å²) in [4.78, 5) is 37.1. The van der Waals surface area contributed by atoms with E-state index in [2.05, 4.69) is 50.5 Å². The molecule has 6 aromatic carbocycles. The number of aromatic nitrogens is 3. The lowest BCUT2D eigenvalue weighted by Gasteiger charge is -2.18. The van der Waals surface area contributed by atoms with Crippen molar-refractivity contribution in [2.45, 2.75) is 19.6 Å². The predicted molar refractivity (Wildman–Crippen MR) is 258 cm³/mol. The van der Waals surface area contributed by atoms with Gasteiger partial charge in [0, 0.05) is 41.0 Å². The molecule has 0 bridgehead atoms. The number of carbonyl (C=O) groups excluding carboxylic acids is 1. The van der Waals surface area contributed by atoms with Crippen LogP contribution in [0.4, 0.5) is 46.3 Å². The molecule has 0 aliphatic rings. The number of nitrogens with zero attached hydrogens (tertiary/aromatic N) is 6. The van der Waals surface area contributed by atoms with Crippen LogP contribution in [-0.4, -0.2) is 114 Å². The fourth-order valence-electron chi connectivity index (χ4n) is 6.85. The molecule has 33 heteroatoms. The fourth-order valence-corrected chi connectivity index (χ4v) is 9.93. The van der Waals surface area contributed by atoms with Gasteiger partial charge in [-0.1, -0.05) is 41.4 Å². The Hall–Kier alpha value is -7.54. The van der Waals surface area contributed by atoms with E-state index in [9.17, 15) is 71.7 Å². The second-order valence-corrected chi connectivity index (χ2v) is 21.4. The van der Waals surface area contributed by atoms with Crippen molar-refractivity contribution < 1.29 is 86.3 Å². The number of carboxylic acids is 1. The van der Waals surface area contributed by atoms with Crippen LogP contribution in [-0.2, 0) is 49.8 Å². The molecular weight excluding hydrogens is 1070 g/mol. The number of aromatic hydroxyl groups is 1. The monoisotopic (exact) mass is 1100 g/mol. The van der Waals surface area contributed by atoms with Gasteiger partial charge in [0.2, 0.25) is 17.8 Å². The molecule has 73 heavy (non-hydrogen) atoms. The van der Waals surface area contributed by atoms with Gasteiger partial charge in [-0.15, -0.1) is 14.6 Å². The third kappa shape index (κ3) is 12.6. The van der Waals surface area contributed by atoms with Crippen molar-refractivity contribution in [1.29, 1.82) is 0 Å². The van der Waals surface area contributed by atoms with Crippen molar-refractivity contribution in [2.75, 3.05) is 40.2 Å². The van der Waals surface area contributed by atoms with Crippen molar-refractivity contribution >= 4 is 132 Å². The lowest BCUT2D eigenvalue weighted by Crippen LogP contribution is -2.27. The zero-order chi connectivity index (χ0) is 53.2. The highest BCUT2D eigenvalue weighted by atomic mass is 32.2. The Morgan fingerprint density at radius 1 is 0.740 bits per heavy atom. The molecule has 0 atom stereocenters. The molecule has 0 saturated heterocycles. The Labute approximate surface area is 415 Å². The van der Waals surface area contributed by atoms with Gasteiger partial charge in [0.1, 0.15) is 21.2 Å². The van der Waals surface area contributed by atoms with E-state index in [1.807, 2.05) is 0 Å². The SMILES string of the molecule is CN(CCS(=O)(=O)O)c1nc(Nc2cccc(C(=O)Nc3cc(S(=O)(=O)O)cc4cc(SOOO)c(N=Nc5ccc6c(S(=O)(=O)O)cccc6c5S(=O)(=O)O)c(O)c34)c2)nc(Nc2ccccc2C(=O)O)n1. The molecule has 1 heterocycles. The van der Waals surface area contributed by atoms with Crippen LogP contribution in [0, 0.1) is 0 Å². The number of carbonyl (C=O) groups is 2. The van der Waals surface area contributed by atoms with E-state index in [1.54, 1.807) is 0 Å². The highest BCUT2D eigenvalue weighted by molar-refractivity contribution is 7.94. The predicted octanol–water partition coefficient (Wildman–Crippen LogP) is 6.23. The van der Waals surface area contributed by atoms with Gasteiger partial charge in [-0.25, -0.2) is 10.1 Å². The zero-order valence-electron chi connectivity index (χ0n) is 36.4. The normalized spacial score (nSPS) is 12.3. The molecule has 0 spiro atoms. The maximum Gasteiger partial charge on any atom is 0.337 e. The van der Waals surface area contributed by atoms with Crippen LogP contribution in [0.3, 0.4) is 0 Å². The average Bonchev–Trinajstić information content (AvgIpc) is 3.30. The number of fused-ring (bicyclic) bond motifs is 2. The molecule has 10 N–H and O–H groups in total. The van der Waals surface area contributed by atoms with E-state index in [1.165, 1.54) is 60.5 Å². The Balaban J connectivity index is 1.29. The summed E-state index contributed by atoms with van der Waals surface area (Å²) < 4.78 is 142. The minimum absolute atomic E-state index is 0.0574. The first-order chi connectivity index (χ1) is 34.2.